The van der Waals surface area contributed by atoms with Gasteiger partial charge in [-0.25, -0.2) is 0 Å². The molecule has 0 amide bonds. The van der Waals surface area contributed by atoms with E-state index in [1.54, 1.807) is 0 Å². The van der Waals surface area contributed by atoms with Gasteiger partial charge in [-0.1, -0.05) is 42.8 Å². The molecule has 0 bridgehead atoms. The fraction of sp³-hybridized carbons (Fsp3) is 0.333. The van der Waals surface area contributed by atoms with E-state index in [1.165, 1.54) is 0 Å². The monoisotopic (exact) mass is 263 g/mol. The molecule has 0 saturated heterocycles. The smallest absolute Gasteiger partial charge is 0.127 e. The van der Waals surface area contributed by atoms with Crippen LogP contribution in [0, 0.1) is 0 Å². The van der Waals surface area contributed by atoms with Crippen LogP contribution in [0.3, 0.4) is 0 Å². The topological polar surface area (TPSA) is 21.3 Å². The highest BCUT2D eigenvalue weighted by Crippen LogP contribution is 2.31. The summed E-state index contributed by atoms with van der Waals surface area (Å²) in [6, 6.07) is 11.9. The molecule has 1 N–H and O–H groups in total. The number of hydrogen-bond acceptors (Lipinski definition) is 2. The zero-order valence-electron chi connectivity index (χ0n) is 10.7. The molecule has 2 aromatic rings. The Labute approximate surface area is 113 Å². The first kappa shape index (κ1) is 13.2. The zero-order valence-corrected chi connectivity index (χ0v) is 11.5. The van der Waals surface area contributed by atoms with Crippen LogP contribution in [0.15, 0.2) is 36.4 Å². The van der Waals surface area contributed by atoms with E-state index in [0.29, 0.717) is 0 Å². The summed E-state index contributed by atoms with van der Waals surface area (Å²) in [5.74, 6) is 0.900. The predicted octanol–water partition coefficient (Wildman–Crippen LogP) is 3.87. The van der Waals surface area contributed by atoms with Crippen LogP contribution in [-0.4, -0.2) is 19.7 Å². The van der Waals surface area contributed by atoms with E-state index >= 15 is 0 Å². The lowest BCUT2D eigenvalue weighted by molar-refractivity contribution is 0.199. The Morgan fingerprint density at radius 3 is 2.56 bits per heavy atom. The molecule has 0 aromatic heterocycles. The molecular formula is C15H18ClNO. The zero-order chi connectivity index (χ0) is 13.0. The normalized spacial score (nSPS) is 12.6. The van der Waals surface area contributed by atoms with Gasteiger partial charge in [0.25, 0.3) is 0 Å². The van der Waals surface area contributed by atoms with Crippen molar-refractivity contribution >= 4 is 22.4 Å². The summed E-state index contributed by atoms with van der Waals surface area (Å²) in [4.78, 5) is 0. The summed E-state index contributed by atoms with van der Waals surface area (Å²) in [5, 5.41) is 6.02. The number of ether oxygens (including phenoxy) is 1. The quantitative estimate of drug-likeness (QED) is 0.884. The lowest BCUT2D eigenvalue weighted by atomic mass is 10.1. The van der Waals surface area contributed by atoms with Crippen LogP contribution in [-0.2, 0) is 0 Å². The average Bonchev–Trinajstić information content (AvgIpc) is 2.41. The summed E-state index contributed by atoms with van der Waals surface area (Å²) in [7, 11) is 1.94. The SMILES string of the molecule is CCC(CNC)Oc1ccc(Cl)c2ccccc12. The highest BCUT2D eigenvalue weighted by atomic mass is 35.5. The van der Waals surface area contributed by atoms with E-state index < -0.39 is 0 Å². The van der Waals surface area contributed by atoms with Gasteiger partial charge in [0.15, 0.2) is 0 Å². The molecular weight excluding hydrogens is 246 g/mol. The second kappa shape index (κ2) is 6.07. The van der Waals surface area contributed by atoms with Gasteiger partial charge in [-0.3, -0.25) is 0 Å². The number of fused-ring (bicyclic) bond motifs is 1. The second-order valence-electron chi connectivity index (χ2n) is 4.30. The number of benzene rings is 2. The Balaban J connectivity index is 2.36. The summed E-state index contributed by atoms with van der Waals surface area (Å²) in [6.45, 7) is 2.97. The highest BCUT2D eigenvalue weighted by molar-refractivity contribution is 6.35. The molecule has 3 heteroatoms. The van der Waals surface area contributed by atoms with Crippen LogP contribution in [0.4, 0.5) is 0 Å². The molecule has 2 rings (SSSR count). The summed E-state index contributed by atoms with van der Waals surface area (Å²) < 4.78 is 6.05. The van der Waals surface area contributed by atoms with Gasteiger partial charge in [0.2, 0.25) is 0 Å². The molecule has 1 unspecified atom stereocenters. The van der Waals surface area contributed by atoms with Gasteiger partial charge >= 0.3 is 0 Å². The molecule has 2 nitrogen and oxygen atoms in total. The second-order valence-corrected chi connectivity index (χ2v) is 4.70. The van der Waals surface area contributed by atoms with Gasteiger partial charge in [0, 0.05) is 22.3 Å². The van der Waals surface area contributed by atoms with Crippen LogP contribution < -0.4 is 10.1 Å². The van der Waals surface area contributed by atoms with Gasteiger partial charge in [-0.05, 0) is 25.6 Å². The maximum atomic E-state index is 6.19. The molecule has 2 aromatic carbocycles. The molecule has 0 aliphatic carbocycles. The number of hydrogen-bond donors (Lipinski definition) is 1. The highest BCUT2D eigenvalue weighted by Gasteiger charge is 2.10. The van der Waals surface area contributed by atoms with Gasteiger partial charge in [0.05, 0.1) is 0 Å². The molecule has 1 atom stereocenters. The fourth-order valence-corrected chi connectivity index (χ4v) is 2.24. The van der Waals surface area contributed by atoms with E-state index in [2.05, 4.69) is 12.2 Å². The van der Waals surface area contributed by atoms with Gasteiger partial charge in [-0.15, -0.1) is 0 Å². The number of nitrogens with one attached hydrogen (secondary N) is 1. The Morgan fingerprint density at radius 2 is 1.89 bits per heavy atom. The van der Waals surface area contributed by atoms with Crippen LogP contribution in [0.2, 0.25) is 5.02 Å². The number of likely N-dealkylation sites (N-methyl/N-ethyl adjacent to an activating group) is 1. The van der Waals surface area contributed by atoms with Crippen molar-refractivity contribution < 1.29 is 4.74 Å². The minimum atomic E-state index is 0.180. The third-order valence-corrected chi connectivity index (χ3v) is 3.34. The van der Waals surface area contributed by atoms with Crippen molar-refractivity contribution in [3.8, 4) is 5.75 Å². The number of rotatable bonds is 5. The summed E-state index contributed by atoms with van der Waals surface area (Å²) in [6.07, 6.45) is 1.15. The lowest BCUT2D eigenvalue weighted by Crippen LogP contribution is -2.28. The molecule has 0 aliphatic heterocycles. The third-order valence-electron chi connectivity index (χ3n) is 3.01. The molecule has 0 fully saturated rings. The minimum Gasteiger partial charge on any atom is -0.488 e. The first-order valence-electron chi connectivity index (χ1n) is 6.24. The summed E-state index contributed by atoms with van der Waals surface area (Å²) in [5.41, 5.74) is 0. The van der Waals surface area contributed by atoms with Crippen LogP contribution in [0.1, 0.15) is 13.3 Å². The maximum Gasteiger partial charge on any atom is 0.127 e. The van der Waals surface area contributed by atoms with Crippen molar-refractivity contribution in [2.24, 2.45) is 0 Å². The predicted molar refractivity (Wildman–Crippen MR) is 77.6 cm³/mol. The van der Waals surface area contributed by atoms with E-state index in [0.717, 1.165) is 34.5 Å². The largest absolute Gasteiger partial charge is 0.488 e. The van der Waals surface area contributed by atoms with Crippen molar-refractivity contribution in [1.29, 1.82) is 0 Å². The van der Waals surface area contributed by atoms with Gasteiger partial charge in [-0.2, -0.15) is 0 Å². The standard InChI is InChI=1S/C15H18ClNO/c1-3-11(10-17-2)18-15-9-8-14(16)12-6-4-5-7-13(12)15/h4-9,11,17H,3,10H2,1-2H3. The first-order valence-corrected chi connectivity index (χ1v) is 6.62. The molecule has 0 aliphatic rings. The molecule has 18 heavy (non-hydrogen) atoms. The van der Waals surface area contributed by atoms with E-state index in [1.807, 2.05) is 43.4 Å². The Kier molecular flexibility index (Phi) is 4.45. The van der Waals surface area contributed by atoms with E-state index in [-0.39, 0.29) is 6.10 Å². The van der Waals surface area contributed by atoms with Crippen LogP contribution in [0.25, 0.3) is 10.8 Å². The first-order chi connectivity index (χ1) is 8.76. The van der Waals surface area contributed by atoms with Crippen molar-refractivity contribution in [1.82, 2.24) is 5.32 Å². The van der Waals surface area contributed by atoms with Crippen molar-refractivity contribution in [2.75, 3.05) is 13.6 Å². The molecule has 96 valence electrons. The van der Waals surface area contributed by atoms with E-state index in [4.69, 9.17) is 16.3 Å². The Morgan fingerprint density at radius 1 is 1.17 bits per heavy atom. The van der Waals surface area contributed by atoms with Crippen molar-refractivity contribution in [3.05, 3.63) is 41.4 Å². The Bertz CT molecular complexity index is 527. The minimum absolute atomic E-state index is 0.180. The average molecular weight is 264 g/mol. The lowest BCUT2D eigenvalue weighted by Gasteiger charge is -2.18. The molecule has 0 heterocycles. The maximum absolute atomic E-state index is 6.19. The molecule has 0 radical (unpaired) electrons. The fourth-order valence-electron chi connectivity index (χ4n) is 2.01. The summed E-state index contributed by atoms with van der Waals surface area (Å²) >= 11 is 6.19. The van der Waals surface area contributed by atoms with Gasteiger partial charge in [0.1, 0.15) is 11.9 Å². The Hall–Kier alpha value is -1.25. The van der Waals surface area contributed by atoms with Gasteiger partial charge < -0.3 is 10.1 Å². The molecule has 0 spiro atoms. The van der Waals surface area contributed by atoms with Crippen LogP contribution >= 0.6 is 11.6 Å². The van der Waals surface area contributed by atoms with Crippen molar-refractivity contribution in [2.45, 2.75) is 19.4 Å². The third kappa shape index (κ3) is 2.77. The molecule has 0 saturated carbocycles. The van der Waals surface area contributed by atoms with E-state index in [9.17, 15) is 0 Å². The number of halogens is 1. The van der Waals surface area contributed by atoms with Crippen molar-refractivity contribution in [3.63, 3.8) is 0 Å². The van der Waals surface area contributed by atoms with Crippen LogP contribution in [0.5, 0.6) is 5.75 Å².